The normalized spacial score (nSPS) is 45.5. The lowest BCUT2D eigenvalue weighted by molar-refractivity contribution is -0.177. The van der Waals surface area contributed by atoms with Gasteiger partial charge in [0.1, 0.15) is 35.2 Å². The summed E-state index contributed by atoms with van der Waals surface area (Å²) in [4.78, 5) is 0. The number of hydrogen-bond acceptors (Lipinski definition) is 4. The molecule has 0 bridgehead atoms. The standard InChI is InChI=1S/C7H12FIO4/c1-6(10)3-12-7(8,4-11-2)5(6)13-9/h5,10H,3-4H2,1-2H3/t5-,6-,7+/m0/s1. The summed E-state index contributed by atoms with van der Waals surface area (Å²) in [5.74, 6) is -2.06. The van der Waals surface area contributed by atoms with Gasteiger partial charge in [0, 0.05) is 7.11 Å². The van der Waals surface area contributed by atoms with E-state index in [2.05, 4.69) is 4.74 Å². The maximum absolute atomic E-state index is 13.8. The highest BCUT2D eigenvalue weighted by atomic mass is 127. The van der Waals surface area contributed by atoms with Crippen LogP contribution in [0.5, 0.6) is 0 Å². The SMILES string of the molecule is COC[C@@]1(F)OC[C@](C)(O)[C@@H]1OI. The topological polar surface area (TPSA) is 47.9 Å². The average Bonchev–Trinajstić information content (AvgIpc) is 2.23. The minimum Gasteiger partial charge on any atom is -0.385 e. The second-order valence-electron chi connectivity index (χ2n) is 3.33. The van der Waals surface area contributed by atoms with Crippen LogP contribution in [-0.4, -0.2) is 43.0 Å². The molecule has 0 radical (unpaired) electrons. The summed E-state index contributed by atoms with van der Waals surface area (Å²) < 4.78 is 28.2. The lowest BCUT2D eigenvalue weighted by Gasteiger charge is -2.27. The van der Waals surface area contributed by atoms with Crippen molar-refractivity contribution in [3.05, 3.63) is 0 Å². The van der Waals surface area contributed by atoms with E-state index in [9.17, 15) is 9.50 Å². The van der Waals surface area contributed by atoms with E-state index < -0.39 is 17.6 Å². The van der Waals surface area contributed by atoms with Crippen molar-refractivity contribution in [3.63, 3.8) is 0 Å². The number of aliphatic hydroxyl groups is 1. The molecule has 0 spiro atoms. The largest absolute Gasteiger partial charge is 0.385 e. The zero-order valence-electron chi connectivity index (χ0n) is 7.42. The minimum absolute atomic E-state index is 0.0967. The van der Waals surface area contributed by atoms with E-state index >= 15 is 0 Å². The molecule has 1 aliphatic heterocycles. The van der Waals surface area contributed by atoms with Gasteiger partial charge in [0.25, 0.3) is 5.85 Å². The smallest absolute Gasteiger partial charge is 0.263 e. The van der Waals surface area contributed by atoms with Crippen LogP contribution in [0.3, 0.4) is 0 Å². The lowest BCUT2D eigenvalue weighted by atomic mass is 9.98. The average molecular weight is 306 g/mol. The van der Waals surface area contributed by atoms with Crippen LogP contribution in [0.15, 0.2) is 0 Å². The number of methoxy groups -OCH3 is 1. The van der Waals surface area contributed by atoms with Gasteiger partial charge in [-0.05, 0) is 6.92 Å². The molecule has 1 aliphatic rings. The van der Waals surface area contributed by atoms with E-state index in [1.54, 1.807) is 23.0 Å². The molecule has 0 aromatic rings. The van der Waals surface area contributed by atoms with Crippen LogP contribution in [0.4, 0.5) is 4.39 Å². The fraction of sp³-hybridized carbons (Fsp3) is 1.00. The first-order valence-corrected chi connectivity index (χ1v) is 4.66. The first-order valence-electron chi connectivity index (χ1n) is 3.78. The molecular formula is C7H12FIO4. The van der Waals surface area contributed by atoms with Crippen molar-refractivity contribution in [2.75, 3.05) is 20.3 Å². The third kappa shape index (κ3) is 2.12. The van der Waals surface area contributed by atoms with Crippen molar-refractivity contribution in [1.82, 2.24) is 0 Å². The number of halogens is 2. The van der Waals surface area contributed by atoms with Crippen molar-refractivity contribution in [2.45, 2.75) is 24.5 Å². The van der Waals surface area contributed by atoms with E-state index in [0.29, 0.717) is 0 Å². The molecule has 0 aromatic heterocycles. The lowest BCUT2D eigenvalue weighted by Crippen LogP contribution is -2.48. The Hall–Kier alpha value is 0.500. The van der Waals surface area contributed by atoms with E-state index in [0.717, 1.165) is 0 Å². The van der Waals surface area contributed by atoms with Crippen molar-refractivity contribution < 1.29 is 22.0 Å². The second-order valence-corrected chi connectivity index (χ2v) is 3.84. The van der Waals surface area contributed by atoms with Gasteiger partial charge in [-0.1, -0.05) is 0 Å². The Labute approximate surface area is 90.0 Å². The predicted molar refractivity (Wildman–Crippen MR) is 51.2 cm³/mol. The van der Waals surface area contributed by atoms with Gasteiger partial charge >= 0.3 is 0 Å². The van der Waals surface area contributed by atoms with Gasteiger partial charge in [-0.15, -0.1) is 0 Å². The van der Waals surface area contributed by atoms with Gasteiger partial charge in [-0.2, -0.15) is 0 Å². The van der Waals surface area contributed by atoms with Gasteiger partial charge in [0.15, 0.2) is 6.10 Å². The molecule has 1 saturated heterocycles. The van der Waals surface area contributed by atoms with E-state index in [1.165, 1.54) is 14.0 Å². The molecule has 0 amide bonds. The highest BCUT2D eigenvalue weighted by Gasteiger charge is 2.58. The molecular weight excluding hydrogens is 294 g/mol. The van der Waals surface area contributed by atoms with Crippen LogP contribution in [-0.2, 0) is 12.5 Å². The molecule has 0 saturated carbocycles. The van der Waals surface area contributed by atoms with Gasteiger partial charge < -0.3 is 17.6 Å². The second kappa shape index (κ2) is 3.93. The molecule has 6 heteroatoms. The number of alkyl halides is 1. The summed E-state index contributed by atoms with van der Waals surface area (Å²) in [6.45, 7) is 1.12. The Bertz CT molecular complexity index is 189. The molecule has 0 aliphatic carbocycles. The monoisotopic (exact) mass is 306 g/mol. The summed E-state index contributed by atoms with van der Waals surface area (Å²) in [7, 11) is 1.36. The third-order valence-electron chi connectivity index (χ3n) is 1.99. The molecule has 78 valence electrons. The van der Waals surface area contributed by atoms with Crippen molar-refractivity contribution in [1.29, 1.82) is 0 Å². The molecule has 1 heterocycles. The maximum Gasteiger partial charge on any atom is 0.263 e. The van der Waals surface area contributed by atoms with E-state index in [1.807, 2.05) is 0 Å². The van der Waals surface area contributed by atoms with Crippen LogP contribution in [0.25, 0.3) is 0 Å². The third-order valence-corrected chi connectivity index (χ3v) is 2.50. The van der Waals surface area contributed by atoms with Gasteiger partial charge in [0.2, 0.25) is 0 Å². The molecule has 4 nitrogen and oxygen atoms in total. The Morgan fingerprint density at radius 3 is 2.85 bits per heavy atom. The highest BCUT2D eigenvalue weighted by molar-refractivity contribution is 14.1. The van der Waals surface area contributed by atoms with Crippen molar-refractivity contribution in [2.24, 2.45) is 0 Å². The summed E-state index contributed by atoms with van der Waals surface area (Å²) in [5, 5.41) is 9.67. The van der Waals surface area contributed by atoms with Crippen molar-refractivity contribution >= 4 is 23.0 Å². The van der Waals surface area contributed by atoms with E-state index in [-0.39, 0.29) is 13.2 Å². The summed E-state index contributed by atoms with van der Waals surface area (Å²) in [6, 6.07) is 0. The maximum atomic E-state index is 13.8. The first kappa shape index (κ1) is 11.6. The number of rotatable bonds is 3. The van der Waals surface area contributed by atoms with Gasteiger partial charge in [-0.3, -0.25) is 0 Å². The summed E-state index contributed by atoms with van der Waals surface area (Å²) in [5.41, 5.74) is -1.31. The molecule has 1 fully saturated rings. The summed E-state index contributed by atoms with van der Waals surface area (Å²) >= 11 is 1.54. The van der Waals surface area contributed by atoms with Crippen LogP contribution in [0.1, 0.15) is 6.92 Å². The number of hydrogen-bond donors (Lipinski definition) is 1. The number of ether oxygens (including phenoxy) is 2. The molecule has 0 aromatic carbocycles. The molecule has 13 heavy (non-hydrogen) atoms. The Morgan fingerprint density at radius 1 is 1.77 bits per heavy atom. The highest BCUT2D eigenvalue weighted by Crippen LogP contribution is 2.38. The van der Waals surface area contributed by atoms with Crippen LogP contribution < -0.4 is 0 Å². The van der Waals surface area contributed by atoms with Crippen LogP contribution in [0, 0.1) is 0 Å². The zero-order chi connectivity index (χ0) is 10.1. The zero-order valence-corrected chi connectivity index (χ0v) is 9.58. The molecule has 1 rings (SSSR count). The van der Waals surface area contributed by atoms with E-state index in [4.69, 9.17) is 7.80 Å². The van der Waals surface area contributed by atoms with Gasteiger partial charge in [-0.25, -0.2) is 4.39 Å². The Morgan fingerprint density at radius 2 is 2.38 bits per heavy atom. The first-order chi connectivity index (χ1) is 5.96. The molecule has 0 unspecified atom stereocenters. The van der Waals surface area contributed by atoms with Crippen LogP contribution >= 0.6 is 23.0 Å². The predicted octanol–water partition coefficient (Wildman–Crippen LogP) is 0.815. The minimum atomic E-state index is -2.06. The van der Waals surface area contributed by atoms with Crippen molar-refractivity contribution in [3.8, 4) is 0 Å². The Kier molecular flexibility index (Phi) is 3.50. The quantitative estimate of drug-likeness (QED) is 0.784. The fourth-order valence-electron chi connectivity index (χ4n) is 1.36. The molecule has 1 N–H and O–H groups in total. The fourth-order valence-corrected chi connectivity index (χ4v) is 2.29. The Balaban J connectivity index is 2.78. The molecule has 3 atom stereocenters. The van der Waals surface area contributed by atoms with Gasteiger partial charge in [0.05, 0.1) is 6.61 Å². The van der Waals surface area contributed by atoms with Crippen LogP contribution in [0.2, 0.25) is 0 Å². The summed E-state index contributed by atoms with van der Waals surface area (Å²) in [6.07, 6.45) is -1.03.